The largest absolute Gasteiger partial charge is 0.310 e. The molecule has 0 aliphatic heterocycles. The zero-order valence-corrected chi connectivity index (χ0v) is 28.5. The van der Waals surface area contributed by atoms with Crippen LogP contribution in [0.15, 0.2) is 239 Å². The summed E-state index contributed by atoms with van der Waals surface area (Å²) < 4.78 is 0. The average molecular weight is 663 g/mol. The van der Waals surface area contributed by atoms with E-state index in [1.54, 1.807) is 0 Å². The summed E-state index contributed by atoms with van der Waals surface area (Å²) in [6, 6.07) is 41.4. The summed E-state index contributed by atoms with van der Waals surface area (Å²) in [6.07, 6.45) is 35.8. The maximum Gasteiger partial charge on any atom is 0.0973 e. The molecule has 0 amide bonds. The molecule has 0 N–H and O–H groups in total. The molecule has 10 rings (SSSR count). The molecular weight excluding hydrogens is 629 g/mol. The average Bonchev–Trinajstić information content (AvgIpc) is 3.20. The van der Waals surface area contributed by atoms with E-state index in [9.17, 15) is 0 Å². The second-order valence-electron chi connectivity index (χ2n) is 13.7. The second kappa shape index (κ2) is 12.5. The van der Waals surface area contributed by atoms with Gasteiger partial charge in [-0.05, 0) is 118 Å². The van der Waals surface area contributed by atoms with E-state index in [4.69, 9.17) is 0 Å². The van der Waals surface area contributed by atoms with Crippen molar-refractivity contribution in [2.75, 3.05) is 9.80 Å². The topological polar surface area (TPSA) is 6.48 Å². The fraction of sp³-hybridized carbons (Fsp3) is 0.0400. The van der Waals surface area contributed by atoms with Gasteiger partial charge < -0.3 is 9.80 Å². The number of anilines is 4. The molecule has 0 aromatic heterocycles. The predicted molar refractivity (Wildman–Crippen MR) is 215 cm³/mol. The molecule has 0 saturated carbocycles. The summed E-state index contributed by atoms with van der Waals surface area (Å²) in [4.78, 5) is 4.63. The Morgan fingerprint density at radius 1 is 0.385 bits per heavy atom. The molecule has 4 aromatic rings. The van der Waals surface area contributed by atoms with Crippen molar-refractivity contribution in [3.05, 3.63) is 251 Å². The molecule has 6 aliphatic rings. The molecule has 52 heavy (non-hydrogen) atoms. The molecular formula is C50H34N2. The third-order valence-electron chi connectivity index (χ3n) is 10.5. The fourth-order valence-corrected chi connectivity index (χ4v) is 8.16. The van der Waals surface area contributed by atoms with Crippen molar-refractivity contribution in [1.29, 1.82) is 0 Å². The van der Waals surface area contributed by atoms with E-state index >= 15 is 0 Å². The van der Waals surface area contributed by atoms with Crippen molar-refractivity contribution >= 4 is 22.7 Å². The minimum Gasteiger partial charge on any atom is -0.310 e. The maximum atomic E-state index is 3.54. The molecule has 0 fully saturated rings. The van der Waals surface area contributed by atoms with E-state index < -0.39 is 0 Å². The zero-order valence-electron chi connectivity index (χ0n) is 28.5. The Morgan fingerprint density at radius 2 is 0.865 bits per heavy atom. The van der Waals surface area contributed by atoms with E-state index in [2.05, 4.69) is 216 Å². The lowest BCUT2D eigenvalue weighted by Crippen LogP contribution is -2.22. The first-order valence-electron chi connectivity index (χ1n) is 17.9. The first kappa shape index (κ1) is 30.0. The Hall–Kier alpha value is -6.82. The summed E-state index contributed by atoms with van der Waals surface area (Å²) in [5.41, 5.74) is 16.6. The van der Waals surface area contributed by atoms with Crippen molar-refractivity contribution in [2.45, 2.75) is 0 Å². The van der Waals surface area contributed by atoms with Crippen molar-refractivity contribution in [2.24, 2.45) is 11.8 Å². The van der Waals surface area contributed by atoms with Crippen LogP contribution in [0.1, 0.15) is 0 Å². The summed E-state index contributed by atoms with van der Waals surface area (Å²) in [6.45, 7) is 0. The van der Waals surface area contributed by atoms with E-state index in [-0.39, 0.29) is 0 Å². The summed E-state index contributed by atoms with van der Waals surface area (Å²) in [7, 11) is 0. The van der Waals surface area contributed by atoms with Crippen LogP contribution in [0.2, 0.25) is 0 Å². The van der Waals surface area contributed by atoms with Gasteiger partial charge in [0.15, 0.2) is 0 Å². The lowest BCUT2D eigenvalue weighted by Gasteiger charge is -2.34. The summed E-state index contributed by atoms with van der Waals surface area (Å²) >= 11 is 0. The molecule has 0 heterocycles. The second-order valence-corrected chi connectivity index (χ2v) is 13.7. The number of para-hydroxylation sites is 2. The highest BCUT2D eigenvalue weighted by Gasteiger charge is 2.30. The van der Waals surface area contributed by atoms with Gasteiger partial charge in [-0.1, -0.05) is 128 Å². The van der Waals surface area contributed by atoms with E-state index in [1.807, 2.05) is 0 Å². The smallest absolute Gasteiger partial charge is 0.0973 e. The molecule has 0 saturated heterocycles. The Kier molecular flexibility index (Phi) is 7.22. The van der Waals surface area contributed by atoms with Crippen LogP contribution in [0.3, 0.4) is 0 Å². The van der Waals surface area contributed by atoms with Crippen LogP contribution in [0, 0.1) is 24.0 Å². The molecule has 2 atom stereocenters. The van der Waals surface area contributed by atoms with Crippen LogP contribution in [-0.4, -0.2) is 0 Å². The minimum atomic E-state index is 0.300. The highest BCUT2D eigenvalue weighted by molar-refractivity contribution is 5.77. The minimum absolute atomic E-state index is 0.300. The molecule has 0 bridgehead atoms. The highest BCUT2D eigenvalue weighted by atomic mass is 15.2. The fourth-order valence-electron chi connectivity index (χ4n) is 8.16. The lowest BCUT2D eigenvalue weighted by atomic mass is 9.75. The van der Waals surface area contributed by atoms with Gasteiger partial charge in [0.1, 0.15) is 0 Å². The van der Waals surface area contributed by atoms with Gasteiger partial charge in [0.25, 0.3) is 0 Å². The van der Waals surface area contributed by atoms with E-state index in [0.29, 0.717) is 11.8 Å². The van der Waals surface area contributed by atoms with Gasteiger partial charge in [0.05, 0.1) is 5.69 Å². The SMILES string of the molecule is c1c(-c2ccc(N(C3=CC4=CC=CC5=CC=CC(=C3)C54)c3ccccc3)cc2)ccc(N(C2=CC3=CC=CC4=CC=CC(=C2)C43)c2ccccc2)c#1. The molecule has 2 unspecified atom stereocenters. The number of benzene rings is 3. The van der Waals surface area contributed by atoms with Crippen LogP contribution in [0.25, 0.3) is 11.1 Å². The molecule has 2 nitrogen and oxygen atoms in total. The van der Waals surface area contributed by atoms with Crippen LogP contribution in [-0.2, 0) is 0 Å². The Labute approximate surface area is 305 Å². The number of hydrogen-bond acceptors (Lipinski definition) is 2. The van der Waals surface area contributed by atoms with Crippen LogP contribution < -0.4 is 9.80 Å². The molecule has 6 aliphatic carbocycles. The first-order valence-corrected chi connectivity index (χ1v) is 17.9. The van der Waals surface area contributed by atoms with Crippen molar-refractivity contribution in [3.8, 4) is 11.1 Å². The number of nitrogens with zero attached hydrogens (tertiary/aromatic N) is 2. The van der Waals surface area contributed by atoms with Crippen LogP contribution in [0.4, 0.5) is 22.7 Å². The highest BCUT2D eigenvalue weighted by Crippen LogP contribution is 2.45. The van der Waals surface area contributed by atoms with E-state index in [0.717, 1.165) is 45.3 Å². The lowest BCUT2D eigenvalue weighted by molar-refractivity contribution is 0.866. The monoisotopic (exact) mass is 662 g/mol. The predicted octanol–water partition coefficient (Wildman–Crippen LogP) is 12.1. The third-order valence-corrected chi connectivity index (χ3v) is 10.5. The molecule has 0 radical (unpaired) electrons. The summed E-state index contributed by atoms with van der Waals surface area (Å²) in [5.74, 6) is 0.610. The maximum absolute atomic E-state index is 3.54. The van der Waals surface area contributed by atoms with Gasteiger partial charge in [0, 0.05) is 45.9 Å². The van der Waals surface area contributed by atoms with Crippen LogP contribution in [0.5, 0.6) is 0 Å². The normalized spacial score (nSPS) is 20.0. The van der Waals surface area contributed by atoms with Gasteiger partial charge in [-0.25, -0.2) is 0 Å². The van der Waals surface area contributed by atoms with Crippen LogP contribution >= 0.6 is 0 Å². The van der Waals surface area contributed by atoms with E-state index in [1.165, 1.54) is 33.4 Å². The Morgan fingerprint density at radius 3 is 1.40 bits per heavy atom. The van der Waals surface area contributed by atoms with Gasteiger partial charge in [-0.2, -0.15) is 0 Å². The quantitative estimate of drug-likeness (QED) is 0.194. The standard InChI is InChI=1S/C50H34N2/c1-3-19-43(20-4-1)51(47-31-39-15-7-11-37-12-8-16-40(32-47)49(37)39)45-27-23-35(24-28-45)36-25-29-46(30-26-36)52(44-21-5-2-6-22-44)48-33-41-17-9-13-38-14-10-18-42(34-48)50(38)41/h1-25,27-29,31-34,49-50H. The Bertz CT molecular complexity index is 2290. The number of hydrogen-bond donors (Lipinski definition) is 0. The molecule has 4 aromatic carbocycles. The molecule has 244 valence electrons. The summed E-state index contributed by atoms with van der Waals surface area (Å²) in [5, 5.41) is 0. The molecule has 0 spiro atoms. The van der Waals surface area contributed by atoms with Gasteiger partial charge in [-0.3, -0.25) is 0 Å². The Balaban J connectivity index is 0.980. The van der Waals surface area contributed by atoms with Crippen molar-refractivity contribution in [1.82, 2.24) is 0 Å². The third kappa shape index (κ3) is 5.23. The van der Waals surface area contributed by atoms with Crippen molar-refractivity contribution < 1.29 is 0 Å². The number of rotatable bonds is 7. The van der Waals surface area contributed by atoms with Gasteiger partial charge in [-0.15, -0.1) is 0 Å². The zero-order chi connectivity index (χ0) is 34.4. The van der Waals surface area contributed by atoms with Gasteiger partial charge >= 0.3 is 0 Å². The first-order chi connectivity index (χ1) is 25.8. The van der Waals surface area contributed by atoms with Gasteiger partial charge in [0.2, 0.25) is 0 Å². The molecule has 2 heteroatoms. The number of allylic oxidation sites excluding steroid dienone is 22. The van der Waals surface area contributed by atoms with Crippen molar-refractivity contribution in [3.63, 3.8) is 0 Å².